The summed E-state index contributed by atoms with van der Waals surface area (Å²) in [5.74, 6) is 0.675. The molecular formula is C25H21NO2S2. The smallest absolute Gasteiger partial charge is 0.266 e. The zero-order valence-electron chi connectivity index (χ0n) is 16.6. The Kier molecular flexibility index (Phi) is 6.31. The van der Waals surface area contributed by atoms with Crippen molar-refractivity contribution < 1.29 is 9.53 Å². The number of carbonyl (C=O) groups excluding carboxylic acids is 1. The van der Waals surface area contributed by atoms with Crippen molar-refractivity contribution in [2.24, 2.45) is 0 Å². The third-order valence-corrected chi connectivity index (χ3v) is 6.16. The molecule has 1 aliphatic rings. The third kappa shape index (κ3) is 4.81. The maximum Gasteiger partial charge on any atom is 0.266 e. The number of nitrogens with zero attached hydrogens (tertiary/aromatic N) is 1. The fraction of sp³-hybridized carbons (Fsp3) is 0.120. The standard InChI is InChI=1S/C25H21NO2S2/c1-18-11-13-19(14-12-18)16-26-24(27)23(30-25(26)29)15-21-9-5-6-10-22(21)28-17-20-7-3-2-4-8-20/h2-15H,16-17H2,1H3/b23-15-. The summed E-state index contributed by atoms with van der Waals surface area (Å²) in [5.41, 5.74) is 4.21. The minimum Gasteiger partial charge on any atom is -0.488 e. The van der Waals surface area contributed by atoms with Crippen LogP contribution in [-0.4, -0.2) is 15.1 Å². The van der Waals surface area contributed by atoms with Crippen LogP contribution in [0.2, 0.25) is 0 Å². The number of ether oxygens (including phenoxy) is 1. The van der Waals surface area contributed by atoms with Gasteiger partial charge in [0.25, 0.3) is 5.91 Å². The molecule has 0 aromatic heterocycles. The van der Waals surface area contributed by atoms with Crippen LogP contribution in [0.3, 0.4) is 0 Å². The molecule has 3 aromatic rings. The summed E-state index contributed by atoms with van der Waals surface area (Å²) in [6.07, 6.45) is 1.87. The summed E-state index contributed by atoms with van der Waals surface area (Å²) in [6.45, 7) is 3.00. The largest absolute Gasteiger partial charge is 0.488 e. The van der Waals surface area contributed by atoms with Crippen LogP contribution in [-0.2, 0) is 17.9 Å². The Hall–Kier alpha value is -2.89. The molecular weight excluding hydrogens is 410 g/mol. The summed E-state index contributed by atoms with van der Waals surface area (Å²) in [6, 6.07) is 25.9. The first-order valence-corrected chi connectivity index (χ1v) is 10.9. The van der Waals surface area contributed by atoms with Gasteiger partial charge in [-0.1, -0.05) is 102 Å². The van der Waals surface area contributed by atoms with E-state index >= 15 is 0 Å². The fourth-order valence-electron chi connectivity index (χ4n) is 3.12. The second kappa shape index (κ2) is 9.28. The first-order valence-electron chi connectivity index (χ1n) is 9.67. The lowest BCUT2D eigenvalue weighted by Crippen LogP contribution is -2.27. The molecule has 0 radical (unpaired) electrons. The van der Waals surface area contributed by atoms with Gasteiger partial charge in [-0.15, -0.1) is 0 Å². The summed E-state index contributed by atoms with van der Waals surface area (Å²) in [5, 5.41) is 0. The Bertz CT molecular complexity index is 1090. The molecule has 3 aromatic carbocycles. The normalized spacial score (nSPS) is 15.1. The van der Waals surface area contributed by atoms with Gasteiger partial charge in [-0.05, 0) is 30.2 Å². The highest BCUT2D eigenvalue weighted by Gasteiger charge is 2.32. The maximum absolute atomic E-state index is 13.0. The van der Waals surface area contributed by atoms with Gasteiger partial charge in [-0.3, -0.25) is 9.69 Å². The molecule has 1 fully saturated rings. The molecule has 150 valence electrons. The molecule has 1 amide bonds. The number of thioether (sulfide) groups is 1. The van der Waals surface area contributed by atoms with Gasteiger partial charge in [0.1, 0.15) is 16.7 Å². The van der Waals surface area contributed by atoms with Crippen LogP contribution in [0.25, 0.3) is 6.08 Å². The van der Waals surface area contributed by atoms with Crippen molar-refractivity contribution in [3.8, 4) is 5.75 Å². The van der Waals surface area contributed by atoms with Crippen molar-refractivity contribution in [3.05, 3.63) is 106 Å². The average Bonchev–Trinajstić information content (AvgIpc) is 3.03. The fourth-order valence-corrected chi connectivity index (χ4v) is 4.37. The minimum absolute atomic E-state index is 0.0663. The number of thiocarbonyl (C=S) groups is 1. The molecule has 0 spiro atoms. The van der Waals surface area contributed by atoms with Gasteiger partial charge in [0.15, 0.2) is 0 Å². The van der Waals surface area contributed by atoms with Gasteiger partial charge < -0.3 is 4.74 Å². The van der Waals surface area contributed by atoms with E-state index in [1.165, 1.54) is 17.3 Å². The van der Waals surface area contributed by atoms with Crippen LogP contribution < -0.4 is 4.74 Å². The number of hydrogen-bond acceptors (Lipinski definition) is 4. The van der Waals surface area contributed by atoms with E-state index in [4.69, 9.17) is 17.0 Å². The number of para-hydroxylation sites is 1. The van der Waals surface area contributed by atoms with Crippen LogP contribution in [0.15, 0.2) is 83.8 Å². The van der Waals surface area contributed by atoms with Crippen molar-refractivity contribution in [2.75, 3.05) is 0 Å². The number of rotatable bonds is 6. The topological polar surface area (TPSA) is 29.5 Å². The highest BCUT2D eigenvalue weighted by atomic mass is 32.2. The van der Waals surface area contributed by atoms with E-state index in [2.05, 4.69) is 0 Å². The van der Waals surface area contributed by atoms with E-state index in [1.807, 2.05) is 91.9 Å². The van der Waals surface area contributed by atoms with Crippen LogP contribution >= 0.6 is 24.0 Å². The summed E-state index contributed by atoms with van der Waals surface area (Å²) < 4.78 is 6.60. The molecule has 0 atom stereocenters. The zero-order valence-corrected chi connectivity index (χ0v) is 18.2. The highest BCUT2D eigenvalue weighted by molar-refractivity contribution is 8.26. The number of benzene rings is 3. The first-order chi connectivity index (χ1) is 14.6. The quantitative estimate of drug-likeness (QED) is 0.355. The number of hydrogen-bond donors (Lipinski definition) is 0. The molecule has 5 heteroatoms. The lowest BCUT2D eigenvalue weighted by atomic mass is 10.1. The predicted octanol–water partition coefficient (Wildman–Crippen LogP) is 5.98. The molecule has 1 heterocycles. The molecule has 0 unspecified atom stereocenters. The van der Waals surface area contributed by atoms with Crippen molar-refractivity contribution in [3.63, 3.8) is 0 Å². The van der Waals surface area contributed by atoms with Crippen molar-refractivity contribution in [1.82, 2.24) is 4.90 Å². The van der Waals surface area contributed by atoms with Crippen LogP contribution in [0, 0.1) is 6.92 Å². The van der Waals surface area contributed by atoms with E-state index in [9.17, 15) is 4.79 Å². The van der Waals surface area contributed by atoms with Gasteiger partial charge in [0.05, 0.1) is 11.4 Å². The van der Waals surface area contributed by atoms with Crippen LogP contribution in [0.5, 0.6) is 5.75 Å². The Morgan fingerprint density at radius 1 is 0.933 bits per heavy atom. The minimum atomic E-state index is -0.0663. The van der Waals surface area contributed by atoms with E-state index in [1.54, 1.807) is 4.90 Å². The highest BCUT2D eigenvalue weighted by Crippen LogP contribution is 2.35. The Labute approximate surface area is 186 Å². The molecule has 0 N–H and O–H groups in total. The lowest BCUT2D eigenvalue weighted by Gasteiger charge is -2.14. The monoisotopic (exact) mass is 431 g/mol. The first kappa shape index (κ1) is 20.4. The van der Waals surface area contributed by atoms with Gasteiger partial charge in [0.2, 0.25) is 0 Å². The van der Waals surface area contributed by atoms with Gasteiger partial charge in [-0.2, -0.15) is 0 Å². The second-order valence-electron chi connectivity index (χ2n) is 7.07. The van der Waals surface area contributed by atoms with Gasteiger partial charge >= 0.3 is 0 Å². The van der Waals surface area contributed by atoms with Gasteiger partial charge in [-0.25, -0.2) is 0 Å². The Morgan fingerprint density at radius 3 is 2.40 bits per heavy atom. The van der Waals surface area contributed by atoms with Gasteiger partial charge in [0, 0.05) is 5.56 Å². The third-order valence-electron chi connectivity index (χ3n) is 4.78. The number of aryl methyl sites for hydroxylation is 1. The van der Waals surface area contributed by atoms with Crippen LogP contribution in [0.1, 0.15) is 22.3 Å². The molecule has 30 heavy (non-hydrogen) atoms. The summed E-state index contributed by atoms with van der Waals surface area (Å²) >= 11 is 6.82. The van der Waals surface area contributed by atoms with Crippen molar-refractivity contribution in [2.45, 2.75) is 20.1 Å². The van der Waals surface area contributed by atoms with E-state index in [0.717, 1.165) is 22.4 Å². The average molecular weight is 432 g/mol. The predicted molar refractivity (Wildman–Crippen MR) is 127 cm³/mol. The number of amides is 1. The van der Waals surface area contributed by atoms with Crippen molar-refractivity contribution in [1.29, 1.82) is 0 Å². The summed E-state index contributed by atoms with van der Waals surface area (Å²) in [7, 11) is 0. The molecule has 1 saturated heterocycles. The molecule has 1 aliphatic heterocycles. The van der Waals surface area contributed by atoms with E-state index in [0.29, 0.717) is 22.4 Å². The maximum atomic E-state index is 13.0. The zero-order chi connectivity index (χ0) is 20.9. The molecule has 0 bridgehead atoms. The number of carbonyl (C=O) groups is 1. The Balaban J connectivity index is 1.51. The molecule has 3 nitrogen and oxygen atoms in total. The SMILES string of the molecule is Cc1ccc(CN2C(=O)/C(=C/c3ccccc3OCc3ccccc3)SC2=S)cc1. The second-order valence-corrected chi connectivity index (χ2v) is 8.74. The molecule has 0 saturated carbocycles. The van der Waals surface area contributed by atoms with E-state index < -0.39 is 0 Å². The molecule has 0 aliphatic carbocycles. The summed E-state index contributed by atoms with van der Waals surface area (Å²) in [4.78, 5) is 15.3. The Morgan fingerprint density at radius 2 is 1.63 bits per heavy atom. The molecule has 4 rings (SSSR count). The van der Waals surface area contributed by atoms with Crippen LogP contribution in [0.4, 0.5) is 0 Å². The van der Waals surface area contributed by atoms with Crippen molar-refractivity contribution >= 4 is 40.3 Å². The lowest BCUT2D eigenvalue weighted by molar-refractivity contribution is -0.122. The van der Waals surface area contributed by atoms with E-state index in [-0.39, 0.29) is 5.91 Å².